The van der Waals surface area contributed by atoms with Gasteiger partial charge in [-0.25, -0.2) is 4.90 Å². The van der Waals surface area contributed by atoms with Gasteiger partial charge in [0.15, 0.2) is 5.69 Å². The molecule has 0 saturated carbocycles. The Hall–Kier alpha value is -2.55. The fourth-order valence-corrected chi connectivity index (χ4v) is 4.15. The van der Waals surface area contributed by atoms with Crippen LogP contribution in [0.2, 0.25) is 5.02 Å². The van der Waals surface area contributed by atoms with E-state index in [0.29, 0.717) is 22.2 Å². The number of amides is 1. The molecule has 0 aliphatic carbocycles. The smallest absolute Gasteiger partial charge is 0.269 e. The molecule has 2 atom stereocenters. The molecule has 1 N–H and O–H groups in total. The Balaban J connectivity index is 1.61. The number of carbonyl (C=O) groups is 1. The third-order valence-electron chi connectivity index (χ3n) is 5.41. The molecule has 27 heavy (non-hydrogen) atoms. The molecule has 1 saturated heterocycles. The maximum atomic E-state index is 12.9. The number of quaternary nitrogens is 1. The van der Waals surface area contributed by atoms with Gasteiger partial charge in [0, 0.05) is 19.7 Å². The number of rotatable bonds is 2. The summed E-state index contributed by atoms with van der Waals surface area (Å²) in [5.74, 6) is 1.10. The van der Waals surface area contributed by atoms with Gasteiger partial charge in [-0.05, 0) is 25.8 Å². The lowest BCUT2D eigenvalue weighted by Crippen LogP contribution is -3.06. The van der Waals surface area contributed by atoms with Gasteiger partial charge in [0.05, 0.1) is 11.2 Å². The quantitative estimate of drug-likeness (QED) is 0.847. The number of nitrogens with zero attached hydrogens (tertiary/aromatic N) is 5. The molecule has 9 heteroatoms. The Morgan fingerprint density at radius 1 is 1.37 bits per heavy atom. The Bertz CT molecular complexity index is 1020. The molecule has 1 fully saturated rings. The van der Waals surface area contributed by atoms with E-state index in [1.807, 2.05) is 25.3 Å². The molecule has 3 aliphatic rings. The van der Waals surface area contributed by atoms with Gasteiger partial charge in [-0.3, -0.25) is 9.69 Å². The van der Waals surface area contributed by atoms with E-state index >= 15 is 0 Å². The van der Waals surface area contributed by atoms with Crippen LogP contribution >= 0.6 is 11.6 Å². The van der Waals surface area contributed by atoms with Crippen LogP contribution in [0.4, 0.5) is 5.69 Å². The predicted molar refractivity (Wildman–Crippen MR) is 98.4 cm³/mol. The Morgan fingerprint density at radius 3 is 3.00 bits per heavy atom. The topological polar surface area (TPSA) is 77.0 Å². The summed E-state index contributed by atoms with van der Waals surface area (Å²) in [6, 6.07) is 5.44. The van der Waals surface area contributed by atoms with E-state index in [4.69, 9.17) is 16.3 Å². The van der Waals surface area contributed by atoms with E-state index in [9.17, 15) is 4.79 Å². The minimum atomic E-state index is -0.424. The first-order valence-electron chi connectivity index (χ1n) is 8.79. The van der Waals surface area contributed by atoms with Crippen LogP contribution in [0.3, 0.4) is 0 Å². The molecule has 0 spiro atoms. The van der Waals surface area contributed by atoms with Crippen molar-refractivity contribution in [3.63, 3.8) is 0 Å². The van der Waals surface area contributed by atoms with Gasteiger partial charge < -0.3 is 4.74 Å². The fourth-order valence-electron chi connectivity index (χ4n) is 3.89. The average molecular weight is 386 g/mol. The molecule has 1 amide bonds. The number of carbonyl (C=O) groups excluding carboxylic acids is 1. The molecule has 4 heterocycles. The molecule has 1 aromatic carbocycles. The molecule has 0 radical (unpaired) electrons. The van der Waals surface area contributed by atoms with Crippen LogP contribution in [0.25, 0.3) is 5.82 Å². The summed E-state index contributed by atoms with van der Waals surface area (Å²) in [5.41, 5.74) is 1.63. The number of aromatic nitrogens is 3. The van der Waals surface area contributed by atoms with E-state index in [1.54, 1.807) is 29.0 Å². The molecule has 5 rings (SSSR count). The van der Waals surface area contributed by atoms with Gasteiger partial charge in [-0.2, -0.15) is 9.67 Å². The zero-order valence-corrected chi connectivity index (χ0v) is 15.7. The summed E-state index contributed by atoms with van der Waals surface area (Å²) >= 11 is 6.27. The Labute approximate surface area is 160 Å². The summed E-state index contributed by atoms with van der Waals surface area (Å²) in [6.45, 7) is 2.75. The number of ether oxygens (including phenoxy) is 1. The zero-order chi connectivity index (χ0) is 18.8. The number of halogens is 1. The van der Waals surface area contributed by atoms with Crippen LogP contribution in [0, 0.1) is 0 Å². The summed E-state index contributed by atoms with van der Waals surface area (Å²) in [7, 11) is 1.72. The third kappa shape index (κ3) is 2.30. The normalized spacial score (nSPS) is 26.7. The zero-order valence-electron chi connectivity index (χ0n) is 14.9. The van der Waals surface area contributed by atoms with E-state index in [2.05, 4.69) is 15.3 Å². The van der Waals surface area contributed by atoms with Crippen LogP contribution < -0.4 is 4.90 Å². The van der Waals surface area contributed by atoms with Crippen LogP contribution in [0.1, 0.15) is 35.8 Å². The molecule has 2 aromatic rings. The van der Waals surface area contributed by atoms with Crippen molar-refractivity contribution in [1.82, 2.24) is 19.9 Å². The van der Waals surface area contributed by atoms with Crippen LogP contribution in [0.5, 0.6) is 0 Å². The predicted octanol–water partition coefficient (Wildman–Crippen LogP) is 1.38. The highest BCUT2D eigenvalue weighted by Gasteiger charge is 2.44. The summed E-state index contributed by atoms with van der Waals surface area (Å²) in [6.07, 6.45) is 5.49. The second-order valence-electron chi connectivity index (χ2n) is 7.10. The first-order chi connectivity index (χ1) is 13.0. The highest BCUT2D eigenvalue weighted by atomic mass is 35.5. The average Bonchev–Trinajstić information content (AvgIpc) is 3.38. The van der Waals surface area contributed by atoms with Gasteiger partial charge in [0.25, 0.3) is 11.7 Å². The lowest BCUT2D eigenvalue weighted by molar-refractivity contribution is -0.685. The maximum absolute atomic E-state index is 12.9. The molecule has 0 bridgehead atoms. The standard InChI is InChI=1S/C18H17ClN6O2/c1-18(7-4-8-27-18)13-9-25(22-21-13)15-16-23(2)17(26)14-11(19)5-3-6-12(14)24(16)10-20-15/h3,5-6,9-10H,4,7-8H2,1-2H3/p+1. The van der Waals surface area contributed by atoms with Gasteiger partial charge in [0.2, 0.25) is 12.2 Å². The van der Waals surface area contributed by atoms with Crippen molar-refractivity contribution >= 4 is 35.4 Å². The second kappa shape index (κ2) is 5.72. The third-order valence-corrected chi connectivity index (χ3v) is 5.73. The molecular formula is C18H18ClN6O2+. The van der Waals surface area contributed by atoms with Crippen molar-refractivity contribution in [2.45, 2.75) is 25.4 Å². The van der Waals surface area contributed by atoms with Crippen molar-refractivity contribution < 1.29 is 14.4 Å². The second-order valence-corrected chi connectivity index (χ2v) is 7.51. The summed E-state index contributed by atoms with van der Waals surface area (Å²) in [4.78, 5) is 19.8. The van der Waals surface area contributed by atoms with E-state index < -0.39 is 5.60 Å². The molecule has 2 unspecified atom stereocenters. The first kappa shape index (κ1) is 16.6. The highest BCUT2D eigenvalue weighted by molar-refractivity contribution is 6.34. The number of aliphatic imine (C=N–C) groups is 1. The Kier molecular flexibility index (Phi) is 3.52. The van der Waals surface area contributed by atoms with Crippen LogP contribution in [-0.2, 0) is 10.3 Å². The van der Waals surface area contributed by atoms with E-state index in [1.165, 1.54) is 0 Å². The fraction of sp³-hybridized carbons (Fsp3) is 0.333. The van der Waals surface area contributed by atoms with Gasteiger partial charge >= 0.3 is 0 Å². The Morgan fingerprint density at radius 2 is 2.22 bits per heavy atom. The number of fused-ring (bicyclic) bond motifs is 3. The number of hydrogen-bond acceptors (Lipinski definition) is 5. The number of benzene rings is 1. The molecule has 138 valence electrons. The van der Waals surface area contributed by atoms with Crippen molar-refractivity contribution in [3.05, 3.63) is 46.5 Å². The maximum Gasteiger partial charge on any atom is 0.269 e. The lowest BCUT2D eigenvalue weighted by Gasteiger charge is -2.28. The molecular weight excluding hydrogens is 368 g/mol. The van der Waals surface area contributed by atoms with Gasteiger partial charge in [0.1, 0.15) is 16.9 Å². The van der Waals surface area contributed by atoms with Gasteiger partial charge in [-0.15, -0.1) is 5.10 Å². The minimum Gasteiger partial charge on any atom is -0.369 e. The van der Waals surface area contributed by atoms with Crippen LogP contribution in [0.15, 0.2) is 35.2 Å². The van der Waals surface area contributed by atoms with Crippen molar-refractivity contribution in [2.24, 2.45) is 4.99 Å². The highest BCUT2D eigenvalue weighted by Crippen LogP contribution is 2.35. The van der Waals surface area contributed by atoms with E-state index in [0.717, 1.165) is 35.7 Å². The first-order valence-corrected chi connectivity index (χ1v) is 9.17. The largest absolute Gasteiger partial charge is 0.369 e. The van der Waals surface area contributed by atoms with Crippen LogP contribution in [-0.4, -0.2) is 45.8 Å². The van der Waals surface area contributed by atoms with Crippen molar-refractivity contribution in [2.75, 3.05) is 13.7 Å². The SMILES string of the molecule is CN1C(=O)c2c(Cl)cccc2[NH+]2C=NC(n3cc(C4(C)CCCO4)nn3)=C12. The van der Waals surface area contributed by atoms with Crippen molar-refractivity contribution in [3.8, 4) is 0 Å². The molecule has 1 aromatic heterocycles. The van der Waals surface area contributed by atoms with E-state index in [-0.39, 0.29) is 5.91 Å². The number of hydrogen-bond donors (Lipinski definition) is 1. The number of nitrogens with one attached hydrogen (secondary N) is 1. The summed E-state index contributed by atoms with van der Waals surface area (Å²) < 4.78 is 7.46. The molecule has 3 aliphatic heterocycles. The van der Waals surface area contributed by atoms with Crippen molar-refractivity contribution in [1.29, 1.82) is 0 Å². The molecule has 8 nitrogen and oxygen atoms in total. The lowest BCUT2D eigenvalue weighted by atomic mass is 10.00. The minimum absolute atomic E-state index is 0.163. The summed E-state index contributed by atoms with van der Waals surface area (Å²) in [5, 5.41) is 8.99. The monoisotopic (exact) mass is 385 g/mol. The van der Waals surface area contributed by atoms with Gasteiger partial charge in [-0.1, -0.05) is 22.9 Å².